The summed E-state index contributed by atoms with van der Waals surface area (Å²) < 4.78 is 10.4. The zero-order valence-electron chi connectivity index (χ0n) is 8.28. The normalized spacial score (nSPS) is 12.6. The van der Waals surface area contributed by atoms with E-state index in [1.807, 2.05) is 6.07 Å². The largest absolute Gasteiger partial charge is 0.454 e. The molecule has 0 saturated carbocycles. The van der Waals surface area contributed by atoms with Crippen LogP contribution in [0.3, 0.4) is 0 Å². The second-order valence-corrected chi connectivity index (χ2v) is 3.09. The van der Waals surface area contributed by atoms with Crippen LogP contribution in [0.15, 0.2) is 18.2 Å². The zero-order chi connectivity index (χ0) is 10.7. The first-order valence-corrected chi connectivity index (χ1v) is 4.50. The van der Waals surface area contributed by atoms with E-state index in [0.717, 1.165) is 5.56 Å². The second kappa shape index (κ2) is 4.18. The highest BCUT2D eigenvalue weighted by molar-refractivity contribution is 5.77. The third-order valence-corrected chi connectivity index (χ3v) is 2.02. The summed E-state index contributed by atoms with van der Waals surface area (Å²) in [6.45, 7) is 0.239. The van der Waals surface area contributed by atoms with E-state index in [1.165, 1.54) is 7.11 Å². The fourth-order valence-electron chi connectivity index (χ4n) is 1.39. The summed E-state index contributed by atoms with van der Waals surface area (Å²) in [5, 5.41) is 0. The van der Waals surface area contributed by atoms with Crippen molar-refractivity contribution in [3.8, 4) is 11.5 Å². The van der Waals surface area contributed by atoms with Crippen LogP contribution in [0.5, 0.6) is 11.5 Å². The molecule has 0 aromatic heterocycles. The van der Waals surface area contributed by atoms with Gasteiger partial charge in [0.25, 0.3) is 0 Å². The van der Waals surface area contributed by atoms with Crippen LogP contribution in [0, 0.1) is 0 Å². The van der Waals surface area contributed by atoms with Crippen LogP contribution in [0.1, 0.15) is 5.56 Å². The van der Waals surface area contributed by atoms with Gasteiger partial charge in [-0.3, -0.25) is 9.63 Å². The molecule has 0 spiro atoms. The first-order chi connectivity index (χ1) is 7.29. The van der Waals surface area contributed by atoms with E-state index in [4.69, 9.17) is 9.47 Å². The number of hydroxylamine groups is 1. The van der Waals surface area contributed by atoms with Gasteiger partial charge in [-0.2, -0.15) is 0 Å². The molecule has 0 atom stereocenters. The quantitative estimate of drug-likeness (QED) is 0.742. The molecule has 0 unspecified atom stereocenters. The minimum Gasteiger partial charge on any atom is -0.454 e. The van der Waals surface area contributed by atoms with Gasteiger partial charge in [-0.25, -0.2) is 5.48 Å². The lowest BCUT2D eigenvalue weighted by molar-refractivity contribution is -0.130. The molecule has 1 aromatic carbocycles. The SMILES string of the molecule is CONC(=O)Cc1ccc2c(c1)OCO2. The van der Waals surface area contributed by atoms with E-state index >= 15 is 0 Å². The standard InChI is InChI=1S/C10H11NO4/c1-13-11-10(12)5-7-2-3-8-9(4-7)15-6-14-8/h2-4H,5-6H2,1H3,(H,11,12). The number of rotatable bonds is 3. The summed E-state index contributed by atoms with van der Waals surface area (Å²) in [5.74, 6) is 1.19. The van der Waals surface area contributed by atoms with E-state index < -0.39 is 0 Å². The maximum absolute atomic E-state index is 11.2. The molecule has 1 aliphatic heterocycles. The minimum absolute atomic E-state index is 0.198. The van der Waals surface area contributed by atoms with Crippen LogP contribution < -0.4 is 15.0 Å². The monoisotopic (exact) mass is 209 g/mol. The molecule has 5 nitrogen and oxygen atoms in total. The molecule has 1 amide bonds. The number of hydrogen-bond acceptors (Lipinski definition) is 4. The molecule has 0 aliphatic carbocycles. The van der Waals surface area contributed by atoms with Gasteiger partial charge in [-0.1, -0.05) is 6.07 Å². The van der Waals surface area contributed by atoms with Crippen LogP contribution in [-0.4, -0.2) is 19.8 Å². The average Bonchev–Trinajstić information content (AvgIpc) is 2.65. The average molecular weight is 209 g/mol. The summed E-state index contributed by atoms with van der Waals surface area (Å²) >= 11 is 0. The van der Waals surface area contributed by atoms with Crippen LogP contribution >= 0.6 is 0 Å². The molecule has 0 bridgehead atoms. The number of fused-ring (bicyclic) bond motifs is 1. The van der Waals surface area contributed by atoms with E-state index in [2.05, 4.69) is 10.3 Å². The predicted octanol–water partition coefficient (Wildman–Crippen LogP) is 0.635. The lowest BCUT2D eigenvalue weighted by Gasteiger charge is -2.03. The number of carbonyl (C=O) groups is 1. The van der Waals surface area contributed by atoms with Crippen molar-refractivity contribution in [3.05, 3.63) is 23.8 Å². The van der Waals surface area contributed by atoms with Gasteiger partial charge in [0.05, 0.1) is 13.5 Å². The number of ether oxygens (including phenoxy) is 2. The Morgan fingerprint density at radius 1 is 1.47 bits per heavy atom. The summed E-state index contributed by atoms with van der Waals surface area (Å²) in [4.78, 5) is 15.7. The van der Waals surface area contributed by atoms with Gasteiger partial charge in [-0.15, -0.1) is 0 Å². The van der Waals surface area contributed by atoms with Crippen molar-refractivity contribution in [1.82, 2.24) is 5.48 Å². The lowest BCUT2D eigenvalue weighted by atomic mass is 10.1. The lowest BCUT2D eigenvalue weighted by Crippen LogP contribution is -2.23. The minimum atomic E-state index is -0.198. The van der Waals surface area contributed by atoms with Crippen molar-refractivity contribution in [2.45, 2.75) is 6.42 Å². The van der Waals surface area contributed by atoms with Gasteiger partial charge in [0.2, 0.25) is 12.7 Å². The summed E-state index contributed by atoms with van der Waals surface area (Å²) in [6, 6.07) is 5.40. The number of carbonyl (C=O) groups excluding carboxylic acids is 1. The maximum Gasteiger partial charge on any atom is 0.247 e. The first-order valence-electron chi connectivity index (χ1n) is 4.50. The molecule has 1 aliphatic rings. The Balaban J connectivity index is 2.06. The van der Waals surface area contributed by atoms with E-state index in [0.29, 0.717) is 11.5 Å². The zero-order valence-corrected chi connectivity index (χ0v) is 8.28. The Morgan fingerprint density at radius 3 is 3.07 bits per heavy atom. The van der Waals surface area contributed by atoms with Crippen molar-refractivity contribution >= 4 is 5.91 Å². The maximum atomic E-state index is 11.2. The Morgan fingerprint density at radius 2 is 2.27 bits per heavy atom. The summed E-state index contributed by atoms with van der Waals surface area (Å²) in [7, 11) is 1.40. The van der Waals surface area contributed by atoms with Gasteiger partial charge in [0.15, 0.2) is 11.5 Å². The third kappa shape index (κ3) is 2.19. The van der Waals surface area contributed by atoms with Gasteiger partial charge in [-0.05, 0) is 17.7 Å². The van der Waals surface area contributed by atoms with Crippen LogP contribution in [-0.2, 0) is 16.1 Å². The molecule has 2 rings (SSSR count). The first kappa shape index (κ1) is 9.79. The Hall–Kier alpha value is -1.75. The van der Waals surface area contributed by atoms with Gasteiger partial charge < -0.3 is 9.47 Å². The Kier molecular flexibility index (Phi) is 2.73. The van der Waals surface area contributed by atoms with Crippen LogP contribution in [0.4, 0.5) is 0 Å². The highest BCUT2D eigenvalue weighted by Gasteiger charge is 2.14. The van der Waals surface area contributed by atoms with Crippen molar-refractivity contribution in [1.29, 1.82) is 0 Å². The fourth-order valence-corrected chi connectivity index (χ4v) is 1.39. The van der Waals surface area contributed by atoms with Crippen LogP contribution in [0.2, 0.25) is 0 Å². The number of amides is 1. The highest BCUT2D eigenvalue weighted by Crippen LogP contribution is 2.32. The Bertz CT molecular complexity index is 378. The molecule has 15 heavy (non-hydrogen) atoms. The highest BCUT2D eigenvalue weighted by atomic mass is 16.7. The van der Waals surface area contributed by atoms with E-state index in [1.54, 1.807) is 12.1 Å². The van der Waals surface area contributed by atoms with Crippen LogP contribution in [0.25, 0.3) is 0 Å². The van der Waals surface area contributed by atoms with E-state index in [-0.39, 0.29) is 19.1 Å². The molecule has 0 radical (unpaired) electrons. The van der Waals surface area contributed by atoms with Crippen molar-refractivity contribution in [2.24, 2.45) is 0 Å². The Labute approximate surface area is 86.9 Å². The van der Waals surface area contributed by atoms with Crippen molar-refractivity contribution in [2.75, 3.05) is 13.9 Å². The molecule has 5 heteroatoms. The molecule has 80 valence electrons. The number of nitrogens with one attached hydrogen (secondary N) is 1. The molecular formula is C10H11NO4. The van der Waals surface area contributed by atoms with Gasteiger partial charge in [0, 0.05) is 0 Å². The molecular weight excluding hydrogens is 198 g/mol. The topological polar surface area (TPSA) is 56.8 Å². The third-order valence-electron chi connectivity index (χ3n) is 2.02. The van der Waals surface area contributed by atoms with Crippen molar-refractivity contribution in [3.63, 3.8) is 0 Å². The summed E-state index contributed by atoms with van der Waals surface area (Å²) in [5.41, 5.74) is 3.11. The molecule has 1 aromatic rings. The number of benzene rings is 1. The number of hydrogen-bond donors (Lipinski definition) is 1. The van der Waals surface area contributed by atoms with E-state index in [9.17, 15) is 4.79 Å². The molecule has 1 N–H and O–H groups in total. The van der Waals surface area contributed by atoms with Crippen molar-refractivity contribution < 1.29 is 19.1 Å². The van der Waals surface area contributed by atoms with Gasteiger partial charge >= 0.3 is 0 Å². The molecule has 1 heterocycles. The fraction of sp³-hybridized carbons (Fsp3) is 0.300. The predicted molar refractivity (Wildman–Crippen MR) is 51.4 cm³/mol. The smallest absolute Gasteiger partial charge is 0.247 e. The molecule has 0 fully saturated rings. The second-order valence-electron chi connectivity index (χ2n) is 3.09. The molecule has 0 saturated heterocycles. The van der Waals surface area contributed by atoms with Gasteiger partial charge in [0.1, 0.15) is 0 Å². The summed E-state index contributed by atoms with van der Waals surface area (Å²) in [6.07, 6.45) is 0.254.